The van der Waals surface area contributed by atoms with Crippen molar-refractivity contribution in [3.8, 4) is 17.5 Å². The Kier molecular flexibility index (Phi) is 5.90. The highest BCUT2D eigenvalue weighted by Gasteiger charge is 2.53. The second-order valence-corrected chi connectivity index (χ2v) is 9.62. The molecule has 2 aromatic rings. The first-order chi connectivity index (χ1) is 15.6. The zero-order chi connectivity index (χ0) is 23.8. The molecule has 0 saturated heterocycles. The first-order valence-corrected chi connectivity index (χ1v) is 11.2. The van der Waals surface area contributed by atoms with Crippen molar-refractivity contribution >= 4 is 17.7 Å². The van der Waals surface area contributed by atoms with Crippen LogP contribution in [0.3, 0.4) is 0 Å². The number of aromatic nitrogens is 2. The SMILES string of the molecule is CC[C@H](CC(C)(C)NC(=O)O)C(=O)Nc1cnc(Oc2ccc(C)c3c2C2(CC2)CO3)nc1. The van der Waals surface area contributed by atoms with E-state index in [1.54, 1.807) is 13.8 Å². The molecule has 2 aliphatic rings. The van der Waals surface area contributed by atoms with Gasteiger partial charge in [0, 0.05) is 22.4 Å². The number of carbonyl (C=O) groups is 2. The summed E-state index contributed by atoms with van der Waals surface area (Å²) in [5, 5.41) is 14.3. The zero-order valence-electron chi connectivity index (χ0n) is 19.4. The molecule has 4 rings (SSSR count). The Balaban J connectivity index is 1.42. The summed E-state index contributed by atoms with van der Waals surface area (Å²) in [6.45, 7) is 8.12. The van der Waals surface area contributed by atoms with Crippen molar-refractivity contribution in [2.24, 2.45) is 5.92 Å². The number of anilines is 1. The van der Waals surface area contributed by atoms with E-state index in [-0.39, 0.29) is 23.3 Å². The van der Waals surface area contributed by atoms with Gasteiger partial charge in [0.25, 0.3) is 0 Å². The van der Waals surface area contributed by atoms with Crippen LogP contribution in [-0.4, -0.2) is 39.2 Å². The maximum atomic E-state index is 12.7. The van der Waals surface area contributed by atoms with Crippen LogP contribution in [0.5, 0.6) is 17.5 Å². The molecule has 1 aromatic heterocycles. The summed E-state index contributed by atoms with van der Waals surface area (Å²) < 4.78 is 11.9. The third-order valence-corrected chi connectivity index (χ3v) is 6.36. The van der Waals surface area contributed by atoms with Gasteiger partial charge in [-0.2, -0.15) is 0 Å². The number of carbonyl (C=O) groups excluding carboxylic acids is 1. The fourth-order valence-electron chi connectivity index (χ4n) is 4.42. The van der Waals surface area contributed by atoms with Crippen LogP contribution in [0.1, 0.15) is 57.6 Å². The summed E-state index contributed by atoms with van der Waals surface area (Å²) in [5.74, 6) is 1.04. The Morgan fingerprint density at radius 1 is 1.27 bits per heavy atom. The fraction of sp³-hybridized carbons (Fsp3) is 0.500. The summed E-state index contributed by atoms with van der Waals surface area (Å²) in [5.41, 5.74) is 1.97. The standard InChI is InChI=1S/C24H30N4O5/c1-5-15(10-23(3,4)28-22(30)31)20(29)27-16-11-25-21(26-12-16)33-17-7-6-14(2)19-18(17)24(8-9-24)13-32-19/h6-7,11-12,15,28H,5,8-10,13H2,1-4H3,(H,27,29)(H,30,31)/t15-/m1/s1. The lowest BCUT2D eigenvalue weighted by molar-refractivity contribution is -0.120. The molecule has 1 saturated carbocycles. The molecule has 9 nitrogen and oxygen atoms in total. The van der Waals surface area contributed by atoms with Gasteiger partial charge in [0.05, 0.1) is 24.7 Å². The van der Waals surface area contributed by atoms with Crippen molar-refractivity contribution in [2.45, 2.75) is 64.3 Å². The number of hydrogen-bond donors (Lipinski definition) is 3. The molecule has 2 heterocycles. The van der Waals surface area contributed by atoms with Crippen molar-refractivity contribution in [2.75, 3.05) is 11.9 Å². The summed E-state index contributed by atoms with van der Waals surface area (Å²) in [7, 11) is 0. The first kappa shape index (κ1) is 22.8. The zero-order valence-corrected chi connectivity index (χ0v) is 19.4. The van der Waals surface area contributed by atoms with Gasteiger partial charge in [0.2, 0.25) is 5.91 Å². The molecule has 1 atom stereocenters. The minimum absolute atomic E-state index is 0.0586. The van der Waals surface area contributed by atoms with Crippen LogP contribution >= 0.6 is 0 Å². The van der Waals surface area contributed by atoms with Crippen LogP contribution in [0.4, 0.5) is 10.5 Å². The second-order valence-electron chi connectivity index (χ2n) is 9.62. The van der Waals surface area contributed by atoms with Crippen molar-refractivity contribution in [3.05, 3.63) is 35.7 Å². The van der Waals surface area contributed by atoms with E-state index in [0.717, 1.165) is 29.7 Å². The van der Waals surface area contributed by atoms with Crippen molar-refractivity contribution in [1.82, 2.24) is 15.3 Å². The number of fused-ring (bicyclic) bond motifs is 2. The number of benzene rings is 1. The Hall–Kier alpha value is -3.36. The molecule has 0 radical (unpaired) electrons. The summed E-state index contributed by atoms with van der Waals surface area (Å²) >= 11 is 0. The minimum atomic E-state index is -1.11. The van der Waals surface area contributed by atoms with Gasteiger partial charge in [-0.05, 0) is 58.1 Å². The molecule has 1 aliphatic heterocycles. The minimum Gasteiger partial charge on any atom is -0.492 e. The number of nitrogens with one attached hydrogen (secondary N) is 2. The Morgan fingerprint density at radius 2 is 1.97 bits per heavy atom. The number of ether oxygens (including phenoxy) is 2. The van der Waals surface area contributed by atoms with E-state index < -0.39 is 11.6 Å². The average Bonchev–Trinajstić information content (AvgIpc) is 3.42. The number of carboxylic acid groups (broad SMARTS) is 1. The lowest BCUT2D eigenvalue weighted by Crippen LogP contribution is -2.45. The molecular formula is C24H30N4O5. The predicted octanol–water partition coefficient (Wildman–Crippen LogP) is 4.40. The maximum Gasteiger partial charge on any atom is 0.405 e. The number of rotatable bonds is 8. The van der Waals surface area contributed by atoms with Crippen molar-refractivity contribution < 1.29 is 24.2 Å². The monoisotopic (exact) mass is 454 g/mol. The van der Waals surface area contributed by atoms with Crippen molar-refractivity contribution in [1.29, 1.82) is 0 Å². The number of hydrogen-bond acceptors (Lipinski definition) is 6. The Bertz CT molecular complexity index is 1060. The van der Waals surface area contributed by atoms with Gasteiger partial charge >= 0.3 is 12.1 Å². The third-order valence-electron chi connectivity index (χ3n) is 6.36. The van der Waals surface area contributed by atoms with Crippen LogP contribution in [0.2, 0.25) is 0 Å². The molecule has 1 fully saturated rings. The molecular weight excluding hydrogens is 424 g/mol. The lowest BCUT2D eigenvalue weighted by Gasteiger charge is -2.28. The smallest absolute Gasteiger partial charge is 0.405 e. The van der Waals surface area contributed by atoms with Gasteiger partial charge in [-0.1, -0.05) is 13.0 Å². The number of nitrogens with zero attached hydrogens (tertiary/aromatic N) is 2. The topological polar surface area (TPSA) is 123 Å². The highest BCUT2D eigenvalue weighted by atomic mass is 16.5. The van der Waals surface area contributed by atoms with E-state index in [1.807, 2.05) is 26.0 Å². The van der Waals surface area contributed by atoms with E-state index in [4.69, 9.17) is 14.6 Å². The highest BCUT2D eigenvalue weighted by Crippen LogP contribution is 2.59. The first-order valence-electron chi connectivity index (χ1n) is 11.2. The van der Waals surface area contributed by atoms with Gasteiger partial charge in [-0.25, -0.2) is 14.8 Å². The third kappa shape index (κ3) is 4.86. The van der Waals surface area contributed by atoms with E-state index in [1.165, 1.54) is 12.4 Å². The van der Waals surface area contributed by atoms with Crippen LogP contribution in [0.25, 0.3) is 0 Å². The van der Waals surface area contributed by atoms with Crippen LogP contribution in [-0.2, 0) is 10.2 Å². The van der Waals surface area contributed by atoms with Gasteiger partial charge in [-0.15, -0.1) is 0 Å². The van der Waals surface area contributed by atoms with E-state index in [0.29, 0.717) is 30.9 Å². The average molecular weight is 455 g/mol. The fourth-order valence-corrected chi connectivity index (χ4v) is 4.42. The molecule has 3 N–H and O–H groups in total. The number of aryl methyl sites for hydroxylation is 1. The summed E-state index contributed by atoms with van der Waals surface area (Å²) in [4.78, 5) is 32.2. The molecule has 0 bridgehead atoms. The number of amides is 2. The Morgan fingerprint density at radius 3 is 2.58 bits per heavy atom. The van der Waals surface area contributed by atoms with Gasteiger partial charge in [0.1, 0.15) is 11.5 Å². The van der Waals surface area contributed by atoms with Crippen LogP contribution in [0.15, 0.2) is 24.5 Å². The Labute approximate surface area is 192 Å². The van der Waals surface area contributed by atoms with Gasteiger partial charge < -0.3 is 25.2 Å². The van der Waals surface area contributed by atoms with Crippen LogP contribution < -0.4 is 20.1 Å². The summed E-state index contributed by atoms with van der Waals surface area (Å²) in [6, 6.07) is 4.09. The normalized spacial score (nSPS) is 16.5. The van der Waals surface area contributed by atoms with E-state index in [2.05, 4.69) is 20.6 Å². The molecule has 0 unspecified atom stereocenters. The lowest BCUT2D eigenvalue weighted by atomic mass is 9.88. The van der Waals surface area contributed by atoms with E-state index >= 15 is 0 Å². The molecule has 33 heavy (non-hydrogen) atoms. The molecule has 2 amide bonds. The quantitative estimate of drug-likeness (QED) is 0.540. The van der Waals surface area contributed by atoms with E-state index in [9.17, 15) is 9.59 Å². The van der Waals surface area contributed by atoms with Crippen molar-refractivity contribution in [3.63, 3.8) is 0 Å². The molecule has 176 valence electrons. The maximum absolute atomic E-state index is 12.7. The van der Waals surface area contributed by atoms with Crippen LogP contribution in [0, 0.1) is 12.8 Å². The highest BCUT2D eigenvalue weighted by molar-refractivity contribution is 5.92. The molecule has 1 aliphatic carbocycles. The molecule has 1 aromatic carbocycles. The second kappa shape index (κ2) is 8.53. The van der Waals surface area contributed by atoms with Gasteiger partial charge in [-0.3, -0.25) is 4.79 Å². The molecule has 9 heteroatoms. The van der Waals surface area contributed by atoms with Gasteiger partial charge in [0.15, 0.2) is 0 Å². The summed E-state index contributed by atoms with van der Waals surface area (Å²) in [6.07, 6.45) is 5.01. The predicted molar refractivity (Wildman–Crippen MR) is 122 cm³/mol. The molecule has 1 spiro atoms. The largest absolute Gasteiger partial charge is 0.492 e.